The van der Waals surface area contributed by atoms with Crippen molar-refractivity contribution in [3.8, 4) is 0 Å². The molecule has 0 aliphatic rings. The van der Waals surface area contributed by atoms with Crippen molar-refractivity contribution in [2.24, 2.45) is 5.92 Å². The van der Waals surface area contributed by atoms with Crippen molar-refractivity contribution in [1.29, 1.82) is 0 Å². The van der Waals surface area contributed by atoms with Crippen molar-refractivity contribution < 1.29 is 19.2 Å². The van der Waals surface area contributed by atoms with E-state index in [4.69, 9.17) is 5.11 Å². The van der Waals surface area contributed by atoms with Gasteiger partial charge in [-0.15, -0.1) is 0 Å². The Bertz CT molecular complexity index is 397. The van der Waals surface area contributed by atoms with Crippen LogP contribution in [0, 0.1) is 5.92 Å². The molecule has 6 nitrogen and oxygen atoms in total. The quantitative estimate of drug-likeness (QED) is 0.831. The molecule has 0 radical (unpaired) electrons. The third-order valence-electron chi connectivity index (χ3n) is 1.93. The van der Waals surface area contributed by atoms with Gasteiger partial charge < -0.3 is 14.5 Å². The highest BCUT2D eigenvalue weighted by Gasteiger charge is 2.19. The molecule has 0 aliphatic carbocycles. The van der Waals surface area contributed by atoms with Gasteiger partial charge in [-0.2, -0.15) is 0 Å². The highest BCUT2D eigenvalue weighted by Crippen LogP contribution is 2.07. The van der Waals surface area contributed by atoms with Crippen LogP contribution in [0.15, 0.2) is 10.6 Å². The number of carboxylic acid groups (broad SMARTS) is 1. The van der Waals surface area contributed by atoms with E-state index in [1.54, 1.807) is 7.05 Å². The molecule has 0 aliphatic heterocycles. The zero-order valence-corrected chi connectivity index (χ0v) is 9.43. The van der Waals surface area contributed by atoms with Gasteiger partial charge in [0.05, 0.1) is 0 Å². The summed E-state index contributed by atoms with van der Waals surface area (Å²) in [5.74, 6) is -1.58. The van der Waals surface area contributed by atoms with Crippen LogP contribution in [-0.2, 0) is 0 Å². The van der Waals surface area contributed by atoms with Gasteiger partial charge in [-0.1, -0.05) is 19.0 Å². The molecule has 0 saturated heterocycles. The standard InChI is InChI=1S/C10H14N2O4/c1-6(2)5-12(3)9(13)7-4-8(10(14)15)16-11-7/h4,6H,5H2,1-3H3,(H,14,15). The minimum atomic E-state index is -1.24. The third-order valence-corrected chi connectivity index (χ3v) is 1.93. The number of rotatable bonds is 4. The van der Waals surface area contributed by atoms with Crippen LogP contribution >= 0.6 is 0 Å². The van der Waals surface area contributed by atoms with Crippen LogP contribution in [-0.4, -0.2) is 40.6 Å². The number of amides is 1. The minimum absolute atomic E-state index is 0.0144. The van der Waals surface area contributed by atoms with Crippen molar-refractivity contribution >= 4 is 11.9 Å². The van der Waals surface area contributed by atoms with Gasteiger partial charge >= 0.3 is 5.97 Å². The molecule has 1 aromatic rings. The molecule has 0 fully saturated rings. The van der Waals surface area contributed by atoms with Gasteiger partial charge in [0.1, 0.15) is 0 Å². The molecule has 16 heavy (non-hydrogen) atoms. The molecule has 0 spiro atoms. The monoisotopic (exact) mass is 226 g/mol. The molecule has 1 aromatic heterocycles. The largest absolute Gasteiger partial charge is 0.475 e. The van der Waals surface area contributed by atoms with Gasteiger partial charge in [0.25, 0.3) is 5.91 Å². The molecule has 0 saturated carbocycles. The summed E-state index contributed by atoms with van der Waals surface area (Å²) in [5, 5.41) is 12.0. The molecular formula is C10H14N2O4. The van der Waals surface area contributed by atoms with Crippen LogP contribution in [0.1, 0.15) is 34.9 Å². The normalized spacial score (nSPS) is 10.5. The SMILES string of the molecule is CC(C)CN(C)C(=O)c1cc(C(=O)O)on1. The summed E-state index contributed by atoms with van der Waals surface area (Å²) in [7, 11) is 1.64. The number of carboxylic acids is 1. The predicted molar refractivity (Wildman–Crippen MR) is 55.3 cm³/mol. The Morgan fingerprint density at radius 3 is 2.62 bits per heavy atom. The highest BCUT2D eigenvalue weighted by atomic mass is 16.5. The second kappa shape index (κ2) is 4.78. The van der Waals surface area contributed by atoms with Gasteiger partial charge in [0.15, 0.2) is 5.69 Å². The molecule has 1 rings (SSSR count). The Hall–Kier alpha value is -1.85. The van der Waals surface area contributed by atoms with Gasteiger partial charge in [-0.3, -0.25) is 4.79 Å². The Balaban J connectivity index is 2.76. The summed E-state index contributed by atoms with van der Waals surface area (Å²) < 4.78 is 4.51. The molecule has 0 unspecified atom stereocenters. The second-order valence-electron chi connectivity index (χ2n) is 3.96. The van der Waals surface area contributed by atoms with Crippen LogP contribution in [0.4, 0.5) is 0 Å². The van der Waals surface area contributed by atoms with E-state index >= 15 is 0 Å². The number of carbonyl (C=O) groups excluding carboxylic acids is 1. The molecular weight excluding hydrogens is 212 g/mol. The predicted octanol–water partition coefficient (Wildman–Crippen LogP) is 1.10. The van der Waals surface area contributed by atoms with Crippen molar-refractivity contribution in [3.05, 3.63) is 17.5 Å². The molecule has 0 bridgehead atoms. The fourth-order valence-electron chi connectivity index (χ4n) is 1.30. The Kier molecular flexibility index (Phi) is 3.65. The van der Waals surface area contributed by atoms with Gasteiger partial charge in [0.2, 0.25) is 5.76 Å². The molecule has 1 heterocycles. The first-order chi connectivity index (χ1) is 7.41. The first-order valence-corrected chi connectivity index (χ1v) is 4.87. The van der Waals surface area contributed by atoms with Crippen LogP contribution < -0.4 is 0 Å². The Morgan fingerprint density at radius 1 is 1.56 bits per heavy atom. The number of aromatic nitrogens is 1. The average molecular weight is 226 g/mol. The number of aromatic carboxylic acids is 1. The van der Waals surface area contributed by atoms with Crippen LogP contribution in [0.3, 0.4) is 0 Å². The maximum absolute atomic E-state index is 11.7. The fraction of sp³-hybridized carbons (Fsp3) is 0.500. The van der Waals surface area contributed by atoms with Crippen molar-refractivity contribution in [1.82, 2.24) is 10.1 Å². The van der Waals surface area contributed by atoms with Crippen molar-refractivity contribution in [3.63, 3.8) is 0 Å². The lowest BCUT2D eigenvalue weighted by molar-refractivity contribution is 0.0649. The lowest BCUT2D eigenvalue weighted by Gasteiger charge is -2.17. The van der Waals surface area contributed by atoms with Crippen LogP contribution in [0.25, 0.3) is 0 Å². The van der Waals surface area contributed by atoms with Gasteiger partial charge in [0, 0.05) is 19.7 Å². The van der Waals surface area contributed by atoms with E-state index in [0.29, 0.717) is 12.5 Å². The first-order valence-electron chi connectivity index (χ1n) is 4.87. The van der Waals surface area contributed by atoms with E-state index in [0.717, 1.165) is 6.07 Å². The molecule has 6 heteroatoms. The summed E-state index contributed by atoms with van der Waals surface area (Å²) in [5.41, 5.74) is 0.0144. The number of hydrogen-bond donors (Lipinski definition) is 1. The first kappa shape index (κ1) is 12.2. The van der Waals surface area contributed by atoms with E-state index < -0.39 is 5.97 Å². The van der Waals surface area contributed by atoms with Gasteiger partial charge in [-0.05, 0) is 5.92 Å². The molecule has 88 valence electrons. The molecule has 1 N–H and O–H groups in total. The maximum Gasteiger partial charge on any atom is 0.374 e. The summed E-state index contributed by atoms with van der Waals surface area (Å²) in [6, 6.07) is 1.13. The average Bonchev–Trinajstić information content (AvgIpc) is 2.64. The van der Waals surface area contributed by atoms with Crippen LogP contribution in [0.5, 0.6) is 0 Å². The summed E-state index contributed by atoms with van der Waals surface area (Å²) in [6.45, 7) is 4.54. The lowest BCUT2D eigenvalue weighted by atomic mass is 10.2. The van der Waals surface area contributed by atoms with Crippen LogP contribution in [0.2, 0.25) is 0 Å². The zero-order valence-electron chi connectivity index (χ0n) is 9.43. The molecule has 1 amide bonds. The third kappa shape index (κ3) is 2.82. The summed E-state index contributed by atoms with van der Waals surface area (Å²) in [6.07, 6.45) is 0. The lowest BCUT2D eigenvalue weighted by Crippen LogP contribution is -2.30. The Morgan fingerprint density at radius 2 is 2.19 bits per heavy atom. The second-order valence-corrected chi connectivity index (χ2v) is 3.96. The number of hydrogen-bond acceptors (Lipinski definition) is 4. The van der Waals surface area contributed by atoms with E-state index in [1.807, 2.05) is 13.8 Å². The van der Waals surface area contributed by atoms with Crippen molar-refractivity contribution in [2.45, 2.75) is 13.8 Å². The van der Waals surface area contributed by atoms with E-state index in [2.05, 4.69) is 9.68 Å². The fourth-order valence-corrected chi connectivity index (χ4v) is 1.30. The van der Waals surface area contributed by atoms with E-state index in [-0.39, 0.29) is 17.4 Å². The Labute approximate surface area is 92.8 Å². The summed E-state index contributed by atoms with van der Waals surface area (Å²) >= 11 is 0. The van der Waals surface area contributed by atoms with Crippen molar-refractivity contribution in [2.75, 3.05) is 13.6 Å². The topological polar surface area (TPSA) is 83.6 Å². The maximum atomic E-state index is 11.7. The van der Waals surface area contributed by atoms with Gasteiger partial charge in [-0.25, -0.2) is 4.79 Å². The summed E-state index contributed by atoms with van der Waals surface area (Å²) in [4.78, 5) is 23.7. The zero-order chi connectivity index (χ0) is 12.3. The van der Waals surface area contributed by atoms with E-state index in [1.165, 1.54) is 4.90 Å². The highest BCUT2D eigenvalue weighted by molar-refractivity contribution is 5.94. The smallest absolute Gasteiger partial charge is 0.374 e. The minimum Gasteiger partial charge on any atom is -0.475 e. The molecule has 0 atom stereocenters. The number of carbonyl (C=O) groups is 2. The molecule has 0 aromatic carbocycles. The number of nitrogens with zero attached hydrogens (tertiary/aromatic N) is 2. The van der Waals surface area contributed by atoms with E-state index in [9.17, 15) is 9.59 Å².